The molecule has 5 nitrogen and oxygen atoms in total. The molecule has 0 radical (unpaired) electrons. The van der Waals surface area contributed by atoms with Crippen LogP contribution in [0.1, 0.15) is 16.8 Å². The number of esters is 2. The van der Waals surface area contributed by atoms with Crippen molar-refractivity contribution in [2.75, 3.05) is 6.61 Å². The van der Waals surface area contributed by atoms with Gasteiger partial charge in [0.25, 0.3) is 0 Å². The third kappa shape index (κ3) is 2.42. The number of rotatable bonds is 3. The SMILES string of the molecule is O=C(O[C@@H]1CCOC1=O)c1cccc(-n2cccc2)c1. The van der Waals surface area contributed by atoms with Crippen molar-refractivity contribution in [2.45, 2.75) is 12.5 Å². The van der Waals surface area contributed by atoms with Crippen LogP contribution in [-0.2, 0) is 14.3 Å². The summed E-state index contributed by atoms with van der Waals surface area (Å²) in [5.74, 6) is -0.984. The molecule has 102 valence electrons. The molecule has 1 aliphatic heterocycles. The highest BCUT2D eigenvalue weighted by atomic mass is 16.6. The second kappa shape index (κ2) is 5.21. The van der Waals surface area contributed by atoms with Crippen LogP contribution >= 0.6 is 0 Å². The fourth-order valence-corrected chi connectivity index (χ4v) is 2.08. The van der Waals surface area contributed by atoms with E-state index in [4.69, 9.17) is 9.47 Å². The van der Waals surface area contributed by atoms with Gasteiger partial charge in [0.1, 0.15) is 0 Å². The minimum absolute atomic E-state index is 0.306. The van der Waals surface area contributed by atoms with E-state index in [1.54, 1.807) is 18.2 Å². The van der Waals surface area contributed by atoms with Crippen LogP contribution in [-0.4, -0.2) is 29.2 Å². The van der Waals surface area contributed by atoms with Crippen molar-refractivity contribution in [1.82, 2.24) is 4.57 Å². The van der Waals surface area contributed by atoms with E-state index in [0.717, 1.165) is 5.69 Å². The average molecular weight is 271 g/mol. The molecule has 5 heteroatoms. The summed E-state index contributed by atoms with van der Waals surface area (Å²) in [6.07, 6.45) is 3.41. The molecule has 1 fully saturated rings. The zero-order valence-corrected chi connectivity index (χ0v) is 10.7. The Morgan fingerprint density at radius 2 is 2.05 bits per heavy atom. The summed E-state index contributed by atoms with van der Waals surface area (Å²) < 4.78 is 11.8. The lowest BCUT2D eigenvalue weighted by Gasteiger charge is -2.09. The Hall–Kier alpha value is -2.56. The van der Waals surface area contributed by atoms with Gasteiger partial charge in [0.15, 0.2) is 0 Å². The van der Waals surface area contributed by atoms with Gasteiger partial charge in [-0.1, -0.05) is 6.07 Å². The number of aromatic nitrogens is 1. The first-order valence-corrected chi connectivity index (χ1v) is 6.35. The molecule has 1 saturated heterocycles. The van der Waals surface area contributed by atoms with Crippen LogP contribution in [0.2, 0.25) is 0 Å². The van der Waals surface area contributed by atoms with Gasteiger partial charge < -0.3 is 14.0 Å². The lowest BCUT2D eigenvalue weighted by atomic mass is 10.2. The van der Waals surface area contributed by atoms with E-state index in [9.17, 15) is 9.59 Å². The quantitative estimate of drug-likeness (QED) is 0.801. The highest BCUT2D eigenvalue weighted by Gasteiger charge is 2.30. The Morgan fingerprint density at radius 3 is 2.75 bits per heavy atom. The van der Waals surface area contributed by atoms with Gasteiger partial charge in [-0.2, -0.15) is 0 Å². The molecular weight excluding hydrogens is 258 g/mol. The molecule has 2 heterocycles. The van der Waals surface area contributed by atoms with Crippen LogP contribution in [0.5, 0.6) is 0 Å². The predicted molar refractivity (Wildman–Crippen MR) is 70.5 cm³/mol. The third-order valence-electron chi connectivity index (χ3n) is 3.12. The van der Waals surface area contributed by atoms with Gasteiger partial charge in [0.05, 0.1) is 12.2 Å². The van der Waals surface area contributed by atoms with Crippen molar-refractivity contribution in [2.24, 2.45) is 0 Å². The summed E-state index contributed by atoms with van der Waals surface area (Å²) in [5, 5.41) is 0. The Bertz CT molecular complexity index is 633. The first-order valence-electron chi connectivity index (χ1n) is 6.35. The topological polar surface area (TPSA) is 57.5 Å². The predicted octanol–water partition coefficient (Wildman–Crippen LogP) is 1.95. The molecule has 0 spiro atoms. The highest BCUT2D eigenvalue weighted by molar-refractivity contribution is 5.92. The third-order valence-corrected chi connectivity index (χ3v) is 3.12. The molecule has 0 amide bonds. The lowest BCUT2D eigenvalue weighted by Crippen LogP contribution is -2.22. The van der Waals surface area contributed by atoms with Crippen molar-refractivity contribution in [3.05, 3.63) is 54.4 Å². The van der Waals surface area contributed by atoms with Gasteiger partial charge in [-0.15, -0.1) is 0 Å². The Morgan fingerprint density at radius 1 is 1.25 bits per heavy atom. The molecule has 3 rings (SSSR count). The molecule has 1 aromatic heterocycles. The normalized spacial score (nSPS) is 17.8. The second-order valence-corrected chi connectivity index (χ2v) is 4.49. The maximum Gasteiger partial charge on any atom is 0.347 e. The van der Waals surface area contributed by atoms with Gasteiger partial charge in [-0.3, -0.25) is 0 Å². The molecule has 2 aromatic rings. The summed E-state index contributed by atoms with van der Waals surface area (Å²) in [5.41, 5.74) is 1.27. The minimum atomic E-state index is -0.780. The minimum Gasteiger partial charge on any atom is -0.463 e. The Kier molecular flexibility index (Phi) is 3.25. The first-order chi connectivity index (χ1) is 9.74. The van der Waals surface area contributed by atoms with Crippen LogP contribution in [0.15, 0.2) is 48.8 Å². The number of hydrogen-bond donors (Lipinski definition) is 0. The fraction of sp³-hybridized carbons (Fsp3) is 0.200. The van der Waals surface area contributed by atoms with E-state index in [-0.39, 0.29) is 0 Å². The summed E-state index contributed by atoms with van der Waals surface area (Å²) in [6, 6.07) is 10.9. The zero-order chi connectivity index (χ0) is 13.9. The Labute approximate surface area is 115 Å². The van der Waals surface area contributed by atoms with Crippen LogP contribution in [0.4, 0.5) is 0 Å². The van der Waals surface area contributed by atoms with Crippen LogP contribution in [0, 0.1) is 0 Å². The standard InChI is InChI=1S/C15H13NO4/c17-14(20-13-6-9-19-15(13)18)11-4-3-5-12(10-11)16-7-1-2-8-16/h1-5,7-8,10,13H,6,9H2/t13-/m1/s1. The number of ether oxygens (including phenoxy) is 2. The average Bonchev–Trinajstić information content (AvgIpc) is 3.12. The summed E-state index contributed by atoms with van der Waals surface area (Å²) in [4.78, 5) is 23.3. The van der Waals surface area contributed by atoms with E-state index in [1.807, 2.05) is 35.2 Å². The molecule has 20 heavy (non-hydrogen) atoms. The molecule has 1 atom stereocenters. The molecule has 0 aliphatic carbocycles. The number of carbonyl (C=O) groups is 2. The molecule has 0 unspecified atom stereocenters. The van der Waals surface area contributed by atoms with Gasteiger partial charge in [0, 0.05) is 24.5 Å². The van der Waals surface area contributed by atoms with Crippen LogP contribution in [0.25, 0.3) is 5.69 Å². The van der Waals surface area contributed by atoms with E-state index in [1.165, 1.54) is 0 Å². The zero-order valence-electron chi connectivity index (χ0n) is 10.7. The molecule has 0 N–H and O–H groups in total. The van der Waals surface area contributed by atoms with Gasteiger partial charge >= 0.3 is 11.9 Å². The van der Waals surface area contributed by atoms with Gasteiger partial charge in [-0.05, 0) is 30.3 Å². The number of carbonyl (C=O) groups excluding carboxylic acids is 2. The van der Waals surface area contributed by atoms with Gasteiger partial charge in [-0.25, -0.2) is 9.59 Å². The summed E-state index contributed by atoms with van der Waals surface area (Å²) >= 11 is 0. The monoisotopic (exact) mass is 271 g/mol. The summed E-state index contributed by atoms with van der Waals surface area (Å²) in [6.45, 7) is 0.306. The smallest absolute Gasteiger partial charge is 0.347 e. The highest BCUT2D eigenvalue weighted by Crippen LogP contribution is 2.16. The van der Waals surface area contributed by atoms with E-state index in [2.05, 4.69) is 0 Å². The van der Waals surface area contributed by atoms with Crippen LogP contribution in [0.3, 0.4) is 0 Å². The number of nitrogens with zero attached hydrogens (tertiary/aromatic N) is 1. The van der Waals surface area contributed by atoms with Crippen LogP contribution < -0.4 is 0 Å². The molecule has 0 bridgehead atoms. The van der Waals surface area contributed by atoms with E-state index >= 15 is 0 Å². The molecule has 0 saturated carbocycles. The second-order valence-electron chi connectivity index (χ2n) is 4.49. The van der Waals surface area contributed by atoms with E-state index < -0.39 is 18.0 Å². The number of cyclic esters (lactones) is 1. The van der Waals surface area contributed by atoms with Gasteiger partial charge in [0.2, 0.25) is 6.10 Å². The van der Waals surface area contributed by atoms with Crippen molar-refractivity contribution in [3.8, 4) is 5.69 Å². The van der Waals surface area contributed by atoms with E-state index in [0.29, 0.717) is 18.6 Å². The maximum atomic E-state index is 12.0. The van der Waals surface area contributed by atoms with Crippen molar-refractivity contribution < 1.29 is 19.1 Å². The molecular formula is C15H13NO4. The maximum absolute atomic E-state index is 12.0. The molecule has 1 aromatic carbocycles. The van der Waals surface area contributed by atoms with Crippen molar-refractivity contribution in [1.29, 1.82) is 0 Å². The lowest BCUT2D eigenvalue weighted by molar-refractivity contribution is -0.145. The molecule has 1 aliphatic rings. The summed E-state index contributed by atoms with van der Waals surface area (Å²) in [7, 11) is 0. The number of hydrogen-bond acceptors (Lipinski definition) is 4. The number of benzene rings is 1. The van der Waals surface area contributed by atoms with Crippen molar-refractivity contribution in [3.63, 3.8) is 0 Å². The van der Waals surface area contributed by atoms with Crippen molar-refractivity contribution >= 4 is 11.9 Å². The fourth-order valence-electron chi connectivity index (χ4n) is 2.08. The Balaban J connectivity index is 1.78. The first kappa shape index (κ1) is 12.5. The largest absolute Gasteiger partial charge is 0.463 e.